The lowest BCUT2D eigenvalue weighted by molar-refractivity contribution is -0.130. The number of fused-ring (bicyclic) bond motifs is 1. The van der Waals surface area contributed by atoms with E-state index in [-0.39, 0.29) is 0 Å². The van der Waals surface area contributed by atoms with Crippen molar-refractivity contribution in [1.82, 2.24) is 24.4 Å². The van der Waals surface area contributed by atoms with E-state index >= 15 is 0 Å². The number of rotatable bonds is 7. The number of carbonyl (C=O) groups is 1. The lowest BCUT2D eigenvalue weighted by Gasteiger charge is -2.17. The van der Waals surface area contributed by atoms with Crippen molar-refractivity contribution in [2.45, 2.75) is 52.5 Å². The summed E-state index contributed by atoms with van der Waals surface area (Å²) in [5.74, 6) is 2.10. The first-order chi connectivity index (χ1) is 12.0. The number of anilines is 1. The molecule has 1 amide bonds. The van der Waals surface area contributed by atoms with E-state index in [1.54, 1.807) is 6.33 Å². The maximum absolute atomic E-state index is 12.4. The highest BCUT2D eigenvalue weighted by atomic mass is 16.2. The van der Waals surface area contributed by atoms with Crippen LogP contribution < -0.4 is 5.73 Å². The van der Waals surface area contributed by atoms with Gasteiger partial charge in [0.25, 0.3) is 0 Å². The highest BCUT2D eigenvalue weighted by molar-refractivity contribution is 5.81. The molecular formula is C18H28N6O. The van der Waals surface area contributed by atoms with Crippen LogP contribution in [-0.4, -0.2) is 43.4 Å². The Morgan fingerprint density at radius 3 is 2.96 bits per heavy atom. The summed E-state index contributed by atoms with van der Waals surface area (Å²) in [7, 11) is 0. The lowest BCUT2D eigenvalue weighted by atomic mass is 9.97. The van der Waals surface area contributed by atoms with Gasteiger partial charge in [0.2, 0.25) is 5.91 Å². The van der Waals surface area contributed by atoms with Crippen molar-refractivity contribution in [2.75, 3.05) is 18.8 Å². The molecule has 0 bridgehead atoms. The van der Waals surface area contributed by atoms with E-state index in [2.05, 4.69) is 28.8 Å². The van der Waals surface area contributed by atoms with Crippen LogP contribution in [-0.2, 0) is 11.3 Å². The van der Waals surface area contributed by atoms with Crippen molar-refractivity contribution in [3.05, 3.63) is 12.7 Å². The Balaban J connectivity index is 1.42. The van der Waals surface area contributed by atoms with Crippen LogP contribution in [0.1, 0.15) is 46.0 Å². The number of aromatic nitrogens is 4. The van der Waals surface area contributed by atoms with Crippen molar-refractivity contribution < 1.29 is 4.79 Å². The average Bonchev–Trinajstić information content (AvgIpc) is 3.19. The maximum atomic E-state index is 12.4. The molecule has 3 rings (SSSR count). The quantitative estimate of drug-likeness (QED) is 0.779. The van der Waals surface area contributed by atoms with Crippen LogP contribution in [0.25, 0.3) is 11.2 Å². The zero-order valence-corrected chi connectivity index (χ0v) is 15.2. The van der Waals surface area contributed by atoms with Crippen molar-refractivity contribution >= 4 is 22.9 Å². The fourth-order valence-electron chi connectivity index (χ4n) is 3.70. The first-order valence-corrected chi connectivity index (χ1v) is 9.23. The number of nitrogens with two attached hydrogens (primary N) is 1. The Bertz CT molecular complexity index is 725. The van der Waals surface area contributed by atoms with Crippen molar-refractivity contribution in [1.29, 1.82) is 0 Å². The Morgan fingerprint density at radius 1 is 1.32 bits per heavy atom. The number of hydrogen-bond donors (Lipinski definition) is 1. The van der Waals surface area contributed by atoms with Gasteiger partial charge in [-0.2, -0.15) is 0 Å². The first kappa shape index (κ1) is 17.6. The first-order valence-electron chi connectivity index (χ1n) is 9.23. The van der Waals surface area contributed by atoms with Crippen LogP contribution in [0, 0.1) is 11.8 Å². The normalized spacial score (nSPS) is 17.7. The van der Waals surface area contributed by atoms with Gasteiger partial charge < -0.3 is 15.2 Å². The molecule has 0 spiro atoms. The van der Waals surface area contributed by atoms with Crippen LogP contribution in [0.2, 0.25) is 0 Å². The second kappa shape index (κ2) is 7.80. The molecule has 1 unspecified atom stereocenters. The predicted molar refractivity (Wildman–Crippen MR) is 97.7 cm³/mol. The van der Waals surface area contributed by atoms with Crippen LogP contribution in [0.4, 0.5) is 5.82 Å². The second-order valence-corrected chi connectivity index (χ2v) is 7.45. The summed E-state index contributed by atoms with van der Waals surface area (Å²) in [4.78, 5) is 26.9. The SMILES string of the molecule is CC(C)CC1CCN(C(=O)CCCCn2cnc3c(N)ncnc32)C1. The Labute approximate surface area is 148 Å². The Kier molecular flexibility index (Phi) is 5.50. The monoisotopic (exact) mass is 344 g/mol. The van der Waals surface area contributed by atoms with Gasteiger partial charge in [0.1, 0.15) is 11.8 Å². The van der Waals surface area contributed by atoms with Gasteiger partial charge in [-0.1, -0.05) is 13.8 Å². The van der Waals surface area contributed by atoms with Gasteiger partial charge in [-0.25, -0.2) is 15.0 Å². The van der Waals surface area contributed by atoms with E-state index in [4.69, 9.17) is 5.73 Å². The summed E-state index contributed by atoms with van der Waals surface area (Å²) in [6, 6.07) is 0. The number of amides is 1. The summed E-state index contributed by atoms with van der Waals surface area (Å²) in [6.45, 7) is 7.17. The highest BCUT2D eigenvalue weighted by Gasteiger charge is 2.26. The highest BCUT2D eigenvalue weighted by Crippen LogP contribution is 2.24. The van der Waals surface area contributed by atoms with Gasteiger partial charge in [-0.15, -0.1) is 0 Å². The molecule has 25 heavy (non-hydrogen) atoms. The molecule has 3 heterocycles. The van der Waals surface area contributed by atoms with Gasteiger partial charge in [0.05, 0.1) is 6.33 Å². The molecule has 7 nitrogen and oxygen atoms in total. The zero-order chi connectivity index (χ0) is 17.8. The standard InChI is InChI=1S/C18H28N6O/c1-13(2)9-14-6-8-23(10-14)15(25)5-3-4-7-24-12-22-16-17(19)20-11-21-18(16)24/h11-14H,3-10H2,1-2H3,(H2,19,20,21). The summed E-state index contributed by atoms with van der Waals surface area (Å²) in [5.41, 5.74) is 7.20. The molecular weight excluding hydrogens is 316 g/mol. The van der Waals surface area contributed by atoms with E-state index in [1.807, 2.05) is 9.47 Å². The van der Waals surface area contributed by atoms with E-state index in [1.165, 1.54) is 12.7 Å². The van der Waals surface area contributed by atoms with Crippen LogP contribution in [0.3, 0.4) is 0 Å². The third-order valence-electron chi connectivity index (χ3n) is 4.91. The molecule has 0 aliphatic carbocycles. The van der Waals surface area contributed by atoms with Crippen LogP contribution in [0.15, 0.2) is 12.7 Å². The third kappa shape index (κ3) is 4.27. The smallest absolute Gasteiger partial charge is 0.222 e. The number of aryl methyl sites for hydroxylation is 1. The summed E-state index contributed by atoms with van der Waals surface area (Å²) >= 11 is 0. The van der Waals surface area contributed by atoms with Crippen molar-refractivity contribution in [3.8, 4) is 0 Å². The zero-order valence-electron chi connectivity index (χ0n) is 15.2. The molecule has 0 radical (unpaired) electrons. The second-order valence-electron chi connectivity index (χ2n) is 7.45. The average molecular weight is 344 g/mol. The predicted octanol–water partition coefficient (Wildman–Crippen LogP) is 2.47. The molecule has 1 fully saturated rings. The topological polar surface area (TPSA) is 89.9 Å². The minimum absolute atomic E-state index is 0.299. The van der Waals surface area contributed by atoms with Gasteiger partial charge >= 0.3 is 0 Å². The number of nitrogens with zero attached hydrogens (tertiary/aromatic N) is 5. The van der Waals surface area contributed by atoms with Crippen molar-refractivity contribution in [2.24, 2.45) is 11.8 Å². The van der Waals surface area contributed by atoms with E-state index in [9.17, 15) is 4.79 Å². The number of carbonyl (C=O) groups excluding carboxylic acids is 1. The number of imidazole rings is 1. The van der Waals surface area contributed by atoms with Gasteiger partial charge in [0.15, 0.2) is 11.5 Å². The van der Waals surface area contributed by atoms with Crippen LogP contribution in [0.5, 0.6) is 0 Å². The molecule has 1 aliphatic rings. The third-order valence-corrected chi connectivity index (χ3v) is 4.91. The molecule has 1 saturated heterocycles. The van der Waals surface area contributed by atoms with E-state index < -0.39 is 0 Å². The Morgan fingerprint density at radius 2 is 2.16 bits per heavy atom. The molecule has 1 atom stereocenters. The minimum atomic E-state index is 0.299. The van der Waals surface area contributed by atoms with Gasteiger partial charge in [-0.3, -0.25) is 4.79 Å². The maximum Gasteiger partial charge on any atom is 0.222 e. The molecule has 0 saturated carbocycles. The lowest BCUT2D eigenvalue weighted by Crippen LogP contribution is -2.28. The van der Waals surface area contributed by atoms with Crippen molar-refractivity contribution in [3.63, 3.8) is 0 Å². The summed E-state index contributed by atoms with van der Waals surface area (Å²) < 4.78 is 1.98. The molecule has 2 aromatic heterocycles. The van der Waals surface area contributed by atoms with Gasteiger partial charge in [0, 0.05) is 26.1 Å². The molecule has 1 aliphatic heterocycles. The number of hydrogen-bond acceptors (Lipinski definition) is 5. The minimum Gasteiger partial charge on any atom is -0.382 e. The molecule has 0 aromatic carbocycles. The summed E-state index contributed by atoms with van der Waals surface area (Å²) in [5, 5.41) is 0. The molecule has 2 N–H and O–H groups in total. The molecule has 7 heteroatoms. The fraction of sp³-hybridized carbons (Fsp3) is 0.667. The molecule has 2 aromatic rings. The number of likely N-dealkylation sites (tertiary alicyclic amines) is 1. The largest absolute Gasteiger partial charge is 0.382 e. The summed E-state index contributed by atoms with van der Waals surface area (Å²) in [6.07, 6.45) is 8.01. The number of nitrogen functional groups attached to an aromatic ring is 1. The Hall–Kier alpha value is -2.18. The molecule has 136 valence electrons. The van der Waals surface area contributed by atoms with Crippen LogP contribution >= 0.6 is 0 Å². The van der Waals surface area contributed by atoms with Gasteiger partial charge in [-0.05, 0) is 37.5 Å². The van der Waals surface area contributed by atoms with E-state index in [0.717, 1.165) is 44.5 Å². The number of unbranched alkanes of at least 4 members (excludes halogenated alkanes) is 1. The van der Waals surface area contributed by atoms with E-state index in [0.29, 0.717) is 35.5 Å². The fourth-order valence-corrected chi connectivity index (χ4v) is 3.70.